The van der Waals surface area contributed by atoms with E-state index in [0.29, 0.717) is 23.6 Å². The van der Waals surface area contributed by atoms with Crippen LogP contribution in [0.2, 0.25) is 5.02 Å². The number of pyridine rings is 1. The number of nitrogens with zero attached hydrogens (tertiary/aromatic N) is 4. The number of anilines is 2. The molecule has 2 aromatic carbocycles. The Balaban J connectivity index is 1.37. The second kappa shape index (κ2) is 11.6. The van der Waals surface area contributed by atoms with Crippen LogP contribution in [0.5, 0.6) is 5.88 Å². The summed E-state index contributed by atoms with van der Waals surface area (Å²) in [6.45, 7) is 2.01. The van der Waals surface area contributed by atoms with Crippen molar-refractivity contribution in [2.75, 3.05) is 31.2 Å². The third kappa shape index (κ3) is 5.99. The summed E-state index contributed by atoms with van der Waals surface area (Å²) >= 11 is 6.10. The van der Waals surface area contributed by atoms with E-state index < -0.39 is 10.0 Å². The van der Waals surface area contributed by atoms with Gasteiger partial charge in [-0.05, 0) is 94.2 Å². The summed E-state index contributed by atoms with van der Waals surface area (Å²) in [5.74, 6) is 1.05. The first kappa shape index (κ1) is 28.1. The van der Waals surface area contributed by atoms with E-state index in [1.807, 2.05) is 25.3 Å². The highest BCUT2D eigenvalue weighted by Crippen LogP contribution is 2.34. The molecule has 0 atom stereocenters. The molecule has 0 radical (unpaired) electrons. The molecule has 2 aromatic heterocycles. The molecule has 0 saturated heterocycles. The van der Waals surface area contributed by atoms with Gasteiger partial charge in [0.25, 0.3) is 10.0 Å². The van der Waals surface area contributed by atoms with Crippen LogP contribution in [0.1, 0.15) is 31.2 Å². The third-order valence-electron chi connectivity index (χ3n) is 7.36. The fourth-order valence-electron chi connectivity index (χ4n) is 5.20. The van der Waals surface area contributed by atoms with Gasteiger partial charge < -0.3 is 15.0 Å². The summed E-state index contributed by atoms with van der Waals surface area (Å²) in [7, 11) is 1.86. The van der Waals surface area contributed by atoms with Crippen molar-refractivity contribution in [1.82, 2.24) is 19.9 Å². The van der Waals surface area contributed by atoms with Crippen LogP contribution >= 0.6 is 11.6 Å². The van der Waals surface area contributed by atoms with E-state index in [2.05, 4.69) is 39.0 Å². The summed E-state index contributed by atoms with van der Waals surface area (Å²) in [5.41, 5.74) is 3.44. The lowest BCUT2D eigenvalue weighted by atomic mass is 9.90. The van der Waals surface area contributed by atoms with Crippen LogP contribution in [-0.4, -0.2) is 61.6 Å². The number of fused-ring (bicyclic) bond motifs is 1. The van der Waals surface area contributed by atoms with Crippen molar-refractivity contribution in [1.29, 1.82) is 0 Å². The number of aryl methyl sites for hydroxylation is 1. The van der Waals surface area contributed by atoms with E-state index in [1.165, 1.54) is 19.2 Å². The van der Waals surface area contributed by atoms with Gasteiger partial charge in [-0.3, -0.25) is 4.72 Å². The van der Waals surface area contributed by atoms with Gasteiger partial charge in [-0.25, -0.2) is 18.4 Å². The molecule has 2 heterocycles. The van der Waals surface area contributed by atoms with Crippen LogP contribution in [-0.2, 0) is 10.0 Å². The van der Waals surface area contributed by atoms with Crippen LogP contribution in [0, 0.1) is 6.92 Å². The van der Waals surface area contributed by atoms with Crippen molar-refractivity contribution in [2.24, 2.45) is 0 Å². The highest BCUT2D eigenvalue weighted by atomic mass is 35.5. The van der Waals surface area contributed by atoms with E-state index in [0.717, 1.165) is 47.7 Å². The number of aromatic nitrogens is 3. The SMILES string of the molecule is COc1nc(NS(=O)(=O)c2ccccc2Cl)ccc1-c1cc(C)c2nc(N[C@H]3CC[C@H](N(C)C)CC3)ncc2c1. The second-order valence-electron chi connectivity index (χ2n) is 10.3. The number of hydrogen-bond acceptors (Lipinski definition) is 8. The van der Waals surface area contributed by atoms with Crippen molar-refractivity contribution in [3.63, 3.8) is 0 Å². The predicted molar refractivity (Wildman–Crippen MR) is 160 cm³/mol. The minimum atomic E-state index is -3.93. The van der Waals surface area contributed by atoms with Gasteiger partial charge in [0.05, 0.1) is 17.6 Å². The van der Waals surface area contributed by atoms with Gasteiger partial charge in [-0.2, -0.15) is 4.98 Å². The smallest absolute Gasteiger partial charge is 0.264 e. The van der Waals surface area contributed by atoms with Crippen molar-refractivity contribution in [3.05, 3.63) is 65.3 Å². The van der Waals surface area contributed by atoms with E-state index >= 15 is 0 Å². The molecule has 0 amide bonds. The maximum Gasteiger partial charge on any atom is 0.264 e. The molecule has 1 aliphatic carbocycles. The van der Waals surface area contributed by atoms with Crippen LogP contribution in [0.15, 0.2) is 59.6 Å². The maximum atomic E-state index is 12.9. The van der Waals surface area contributed by atoms with E-state index in [9.17, 15) is 8.42 Å². The van der Waals surface area contributed by atoms with Crippen molar-refractivity contribution in [3.8, 4) is 17.0 Å². The molecule has 0 spiro atoms. The fraction of sp³-hybridized carbons (Fsp3) is 0.345. The molecule has 4 aromatic rings. The highest BCUT2D eigenvalue weighted by molar-refractivity contribution is 7.92. The second-order valence-corrected chi connectivity index (χ2v) is 12.4. The number of halogens is 1. The standard InChI is InChI=1S/C29H33ClN6O3S/c1-18-15-19(16-20-17-31-29(34-27(18)20)32-21-9-11-22(12-10-21)36(2)3)23-13-14-26(33-28(23)39-4)35-40(37,38)25-8-6-5-7-24(25)30/h5-8,13-17,21-22H,9-12H2,1-4H3,(H,33,35)(H,31,32,34)/t21-,22-. The number of rotatable bonds is 8. The zero-order chi connectivity index (χ0) is 28.4. The molecule has 1 saturated carbocycles. The Hall–Kier alpha value is -3.47. The Bertz CT molecular complexity index is 1640. The van der Waals surface area contributed by atoms with Gasteiger partial charge in [0.1, 0.15) is 10.7 Å². The molecule has 9 nitrogen and oxygen atoms in total. The first-order valence-corrected chi connectivity index (χ1v) is 15.0. The van der Waals surface area contributed by atoms with Crippen LogP contribution < -0.4 is 14.8 Å². The summed E-state index contributed by atoms with van der Waals surface area (Å²) in [5, 5.41) is 4.55. The quantitative estimate of drug-likeness (QED) is 0.271. The lowest BCUT2D eigenvalue weighted by Gasteiger charge is -2.32. The van der Waals surface area contributed by atoms with Crippen molar-refractivity contribution < 1.29 is 13.2 Å². The Kier molecular flexibility index (Phi) is 8.11. The Labute approximate surface area is 240 Å². The first-order chi connectivity index (χ1) is 19.1. The van der Waals surface area contributed by atoms with Gasteiger partial charge in [-0.15, -0.1) is 0 Å². The van der Waals surface area contributed by atoms with Gasteiger partial charge in [-0.1, -0.05) is 23.7 Å². The molecule has 1 fully saturated rings. The third-order valence-corrected chi connectivity index (χ3v) is 9.22. The first-order valence-electron chi connectivity index (χ1n) is 13.2. The molecule has 0 bridgehead atoms. The summed E-state index contributed by atoms with van der Waals surface area (Å²) < 4.78 is 33.8. The molecule has 1 aliphatic rings. The van der Waals surface area contributed by atoms with E-state index in [1.54, 1.807) is 24.3 Å². The molecular weight excluding hydrogens is 548 g/mol. The topological polar surface area (TPSA) is 109 Å². The number of ether oxygens (including phenoxy) is 1. The summed E-state index contributed by atoms with van der Waals surface area (Å²) in [6.07, 6.45) is 6.35. The number of benzene rings is 2. The Morgan fingerprint density at radius 2 is 1.77 bits per heavy atom. The lowest BCUT2D eigenvalue weighted by Crippen LogP contribution is -2.36. The molecule has 2 N–H and O–H groups in total. The largest absolute Gasteiger partial charge is 0.480 e. The molecule has 11 heteroatoms. The Morgan fingerprint density at radius 3 is 2.48 bits per heavy atom. The summed E-state index contributed by atoms with van der Waals surface area (Å²) in [4.78, 5) is 16.1. The van der Waals surface area contributed by atoms with Gasteiger partial charge in [0.2, 0.25) is 11.8 Å². The fourth-order valence-corrected chi connectivity index (χ4v) is 6.72. The van der Waals surface area contributed by atoms with E-state index in [-0.39, 0.29) is 21.6 Å². The minimum absolute atomic E-state index is 0.0261. The Morgan fingerprint density at radius 1 is 1.02 bits per heavy atom. The number of methoxy groups -OCH3 is 1. The monoisotopic (exact) mass is 580 g/mol. The van der Waals surface area contributed by atoms with Gasteiger partial charge in [0.15, 0.2) is 0 Å². The zero-order valence-corrected chi connectivity index (χ0v) is 24.6. The van der Waals surface area contributed by atoms with Gasteiger partial charge in [0, 0.05) is 29.2 Å². The number of sulfonamides is 1. The normalized spacial score (nSPS) is 17.6. The highest BCUT2D eigenvalue weighted by Gasteiger charge is 2.23. The van der Waals surface area contributed by atoms with Gasteiger partial charge >= 0.3 is 0 Å². The molecule has 0 aliphatic heterocycles. The molecule has 0 unspecified atom stereocenters. The molecule has 5 rings (SSSR count). The van der Waals surface area contributed by atoms with Crippen molar-refractivity contribution >= 4 is 44.3 Å². The van der Waals surface area contributed by atoms with Crippen LogP contribution in [0.4, 0.5) is 11.8 Å². The van der Waals surface area contributed by atoms with E-state index in [4.69, 9.17) is 21.3 Å². The molecule has 210 valence electrons. The summed E-state index contributed by atoms with van der Waals surface area (Å²) in [6, 6.07) is 14.6. The number of hydrogen-bond donors (Lipinski definition) is 2. The zero-order valence-electron chi connectivity index (χ0n) is 23.0. The minimum Gasteiger partial charge on any atom is -0.480 e. The lowest BCUT2D eigenvalue weighted by molar-refractivity contribution is 0.221. The number of nitrogens with one attached hydrogen (secondary N) is 2. The maximum absolute atomic E-state index is 12.9. The predicted octanol–water partition coefficient (Wildman–Crippen LogP) is 5.75. The molecule has 40 heavy (non-hydrogen) atoms. The van der Waals surface area contributed by atoms with Crippen LogP contribution in [0.3, 0.4) is 0 Å². The average Bonchev–Trinajstić information content (AvgIpc) is 2.93. The average molecular weight is 581 g/mol. The molecular formula is C29H33ClN6O3S. The van der Waals surface area contributed by atoms with Crippen molar-refractivity contribution in [2.45, 2.75) is 49.6 Å². The van der Waals surface area contributed by atoms with Crippen LogP contribution in [0.25, 0.3) is 22.0 Å².